The lowest BCUT2D eigenvalue weighted by molar-refractivity contribution is -0.112. The molecular formula is C10H19NO. The van der Waals surface area contributed by atoms with Gasteiger partial charge in [0.05, 0.1) is 0 Å². The normalized spacial score (nSPS) is 11.4. The first kappa shape index (κ1) is 11.2. The van der Waals surface area contributed by atoms with E-state index in [4.69, 9.17) is 0 Å². The van der Waals surface area contributed by atoms with E-state index in [1.54, 1.807) is 13.0 Å². The molecule has 70 valence electrons. The third kappa shape index (κ3) is 5.96. The van der Waals surface area contributed by atoms with Crippen LogP contribution < -0.4 is 5.32 Å². The summed E-state index contributed by atoms with van der Waals surface area (Å²) in [4.78, 5) is 10.7. The van der Waals surface area contributed by atoms with Gasteiger partial charge in [-0.05, 0) is 25.8 Å². The van der Waals surface area contributed by atoms with Crippen LogP contribution in [0.3, 0.4) is 0 Å². The maximum Gasteiger partial charge on any atom is 0.154 e. The van der Waals surface area contributed by atoms with Crippen LogP contribution in [0.5, 0.6) is 0 Å². The average Bonchev–Trinajstić information content (AvgIpc) is 2.02. The molecule has 0 spiro atoms. The quantitative estimate of drug-likeness (QED) is 0.488. The van der Waals surface area contributed by atoms with Crippen LogP contribution in [0.15, 0.2) is 11.8 Å². The molecule has 0 aromatic carbocycles. The van der Waals surface area contributed by atoms with Gasteiger partial charge in [-0.2, -0.15) is 0 Å². The minimum atomic E-state index is 0.121. The van der Waals surface area contributed by atoms with Gasteiger partial charge in [-0.3, -0.25) is 4.79 Å². The number of nitrogens with one attached hydrogen (secondary N) is 1. The number of unbranched alkanes of at least 4 members (excludes halogenated alkanes) is 1. The Bertz CT molecular complexity index is 161. The lowest BCUT2D eigenvalue weighted by Gasteiger charge is -2.06. The summed E-state index contributed by atoms with van der Waals surface area (Å²) in [7, 11) is 0. The molecule has 12 heavy (non-hydrogen) atoms. The number of carbonyl (C=O) groups excluding carboxylic acids is 1. The van der Waals surface area contributed by atoms with Crippen molar-refractivity contribution in [1.29, 1.82) is 0 Å². The Balaban J connectivity index is 3.75. The Morgan fingerprint density at radius 1 is 1.42 bits per heavy atom. The van der Waals surface area contributed by atoms with Crippen LogP contribution in [0.2, 0.25) is 0 Å². The average molecular weight is 169 g/mol. The molecule has 0 aromatic heterocycles. The first-order chi connectivity index (χ1) is 5.70. The molecule has 0 aliphatic rings. The molecular weight excluding hydrogens is 150 g/mol. The summed E-state index contributed by atoms with van der Waals surface area (Å²) in [6.07, 6.45) is 4.93. The molecule has 0 bridgehead atoms. The largest absolute Gasteiger partial charge is 0.388 e. The maximum atomic E-state index is 10.7. The predicted molar refractivity (Wildman–Crippen MR) is 52.0 cm³/mol. The van der Waals surface area contributed by atoms with Crippen LogP contribution in [0.25, 0.3) is 0 Å². The van der Waals surface area contributed by atoms with Crippen LogP contribution >= 0.6 is 0 Å². The van der Waals surface area contributed by atoms with E-state index in [9.17, 15) is 4.79 Å². The third-order valence-electron chi connectivity index (χ3n) is 1.64. The summed E-state index contributed by atoms with van der Waals surface area (Å²) in [5, 5.41) is 3.24. The number of hydrogen-bond acceptors (Lipinski definition) is 2. The molecule has 0 heterocycles. The molecule has 0 aliphatic heterocycles. The summed E-state index contributed by atoms with van der Waals surface area (Å²) in [5.41, 5.74) is 1.05. The Labute approximate surface area is 75.0 Å². The van der Waals surface area contributed by atoms with E-state index < -0.39 is 0 Å². The van der Waals surface area contributed by atoms with Gasteiger partial charge in [-0.25, -0.2) is 0 Å². The number of hydrogen-bond donors (Lipinski definition) is 1. The van der Waals surface area contributed by atoms with E-state index in [0.717, 1.165) is 25.1 Å². The fourth-order valence-corrected chi connectivity index (χ4v) is 0.949. The molecule has 2 heteroatoms. The lowest BCUT2D eigenvalue weighted by atomic mass is 10.2. The standard InChI is InChI=1S/C10H19NO/c1-4-6-7-11-10(5-2)8-9(3)12/h8,11H,4-7H2,1-3H3/b10-8+. The summed E-state index contributed by atoms with van der Waals surface area (Å²) in [6.45, 7) is 6.76. The highest BCUT2D eigenvalue weighted by Crippen LogP contribution is 1.96. The number of allylic oxidation sites excluding steroid dienone is 2. The predicted octanol–water partition coefficient (Wildman–Crippen LogP) is 2.26. The SMILES string of the molecule is CCCCN/C(=C/C(C)=O)CC. The molecule has 0 amide bonds. The van der Waals surface area contributed by atoms with Crippen molar-refractivity contribution in [2.75, 3.05) is 6.54 Å². The monoisotopic (exact) mass is 169 g/mol. The molecule has 0 unspecified atom stereocenters. The van der Waals surface area contributed by atoms with Gasteiger partial charge in [0.25, 0.3) is 0 Å². The van der Waals surface area contributed by atoms with Crippen LogP contribution in [-0.2, 0) is 4.79 Å². The van der Waals surface area contributed by atoms with Crippen molar-refractivity contribution in [2.24, 2.45) is 0 Å². The summed E-state index contributed by atoms with van der Waals surface area (Å²) < 4.78 is 0. The topological polar surface area (TPSA) is 29.1 Å². The Morgan fingerprint density at radius 2 is 2.08 bits per heavy atom. The van der Waals surface area contributed by atoms with Gasteiger partial charge in [0, 0.05) is 12.2 Å². The van der Waals surface area contributed by atoms with Crippen molar-refractivity contribution < 1.29 is 4.79 Å². The summed E-state index contributed by atoms with van der Waals surface area (Å²) in [5.74, 6) is 0.121. The fourth-order valence-electron chi connectivity index (χ4n) is 0.949. The van der Waals surface area contributed by atoms with E-state index in [1.165, 1.54) is 6.42 Å². The molecule has 1 N–H and O–H groups in total. The Kier molecular flexibility index (Phi) is 6.44. The van der Waals surface area contributed by atoms with E-state index in [2.05, 4.69) is 12.2 Å². The zero-order valence-electron chi connectivity index (χ0n) is 8.31. The van der Waals surface area contributed by atoms with Crippen molar-refractivity contribution >= 4 is 5.78 Å². The fraction of sp³-hybridized carbons (Fsp3) is 0.700. The minimum Gasteiger partial charge on any atom is -0.388 e. The molecule has 0 saturated heterocycles. The molecule has 0 rings (SSSR count). The number of rotatable bonds is 6. The molecule has 0 radical (unpaired) electrons. The van der Waals surface area contributed by atoms with Crippen LogP contribution in [0.1, 0.15) is 40.0 Å². The van der Waals surface area contributed by atoms with Crippen molar-refractivity contribution in [3.63, 3.8) is 0 Å². The third-order valence-corrected chi connectivity index (χ3v) is 1.64. The highest BCUT2D eigenvalue weighted by Gasteiger charge is 1.93. The van der Waals surface area contributed by atoms with Gasteiger partial charge in [0.1, 0.15) is 0 Å². The first-order valence-electron chi connectivity index (χ1n) is 4.65. The number of carbonyl (C=O) groups is 1. The van der Waals surface area contributed by atoms with E-state index >= 15 is 0 Å². The zero-order chi connectivity index (χ0) is 9.40. The first-order valence-corrected chi connectivity index (χ1v) is 4.65. The molecule has 0 fully saturated rings. The van der Waals surface area contributed by atoms with Crippen molar-refractivity contribution in [3.8, 4) is 0 Å². The van der Waals surface area contributed by atoms with E-state index in [1.807, 2.05) is 6.92 Å². The van der Waals surface area contributed by atoms with Gasteiger partial charge >= 0.3 is 0 Å². The van der Waals surface area contributed by atoms with Crippen LogP contribution in [-0.4, -0.2) is 12.3 Å². The molecule has 0 aliphatic carbocycles. The minimum absolute atomic E-state index is 0.121. The van der Waals surface area contributed by atoms with E-state index in [0.29, 0.717) is 0 Å². The highest BCUT2D eigenvalue weighted by atomic mass is 16.1. The zero-order valence-corrected chi connectivity index (χ0v) is 8.31. The van der Waals surface area contributed by atoms with Gasteiger partial charge in [-0.15, -0.1) is 0 Å². The molecule has 2 nitrogen and oxygen atoms in total. The molecule has 0 atom stereocenters. The van der Waals surface area contributed by atoms with Crippen LogP contribution in [0.4, 0.5) is 0 Å². The second-order valence-electron chi connectivity index (χ2n) is 2.91. The van der Waals surface area contributed by atoms with Crippen molar-refractivity contribution in [1.82, 2.24) is 5.32 Å². The molecule has 0 saturated carbocycles. The maximum absolute atomic E-state index is 10.7. The second-order valence-corrected chi connectivity index (χ2v) is 2.91. The smallest absolute Gasteiger partial charge is 0.154 e. The second kappa shape index (κ2) is 6.89. The van der Waals surface area contributed by atoms with Crippen LogP contribution in [0, 0.1) is 0 Å². The molecule has 0 aromatic rings. The van der Waals surface area contributed by atoms with E-state index in [-0.39, 0.29) is 5.78 Å². The Morgan fingerprint density at radius 3 is 2.50 bits per heavy atom. The Hall–Kier alpha value is -0.790. The van der Waals surface area contributed by atoms with Gasteiger partial charge in [0.2, 0.25) is 0 Å². The van der Waals surface area contributed by atoms with Gasteiger partial charge in [0.15, 0.2) is 5.78 Å². The number of ketones is 1. The highest BCUT2D eigenvalue weighted by molar-refractivity contribution is 5.87. The van der Waals surface area contributed by atoms with Gasteiger partial charge < -0.3 is 5.32 Å². The van der Waals surface area contributed by atoms with Crippen molar-refractivity contribution in [3.05, 3.63) is 11.8 Å². The van der Waals surface area contributed by atoms with Crippen molar-refractivity contribution in [2.45, 2.75) is 40.0 Å². The lowest BCUT2D eigenvalue weighted by Crippen LogP contribution is -2.14. The summed E-state index contributed by atoms with van der Waals surface area (Å²) >= 11 is 0. The summed E-state index contributed by atoms with van der Waals surface area (Å²) in [6, 6.07) is 0. The van der Waals surface area contributed by atoms with Gasteiger partial charge in [-0.1, -0.05) is 20.3 Å².